The van der Waals surface area contributed by atoms with E-state index in [4.69, 9.17) is 20.9 Å². The van der Waals surface area contributed by atoms with E-state index in [1.165, 1.54) is 31.2 Å². The van der Waals surface area contributed by atoms with Crippen molar-refractivity contribution in [3.8, 4) is 5.75 Å². The minimum atomic E-state index is -3.92. The minimum Gasteiger partial charge on any atom is -0.497 e. The Morgan fingerprint density at radius 3 is 2.56 bits per heavy atom. The number of benzene rings is 3. The number of hydrogen-bond acceptors (Lipinski definition) is 6. The highest BCUT2D eigenvalue weighted by molar-refractivity contribution is 7.89. The molecular weight excluding hydrogens is 478 g/mol. The Morgan fingerprint density at radius 2 is 1.89 bits per heavy atom. The minimum absolute atomic E-state index is 0.0639. The summed E-state index contributed by atoms with van der Waals surface area (Å²) in [5, 5.41) is 10.4. The molecule has 0 aromatic heterocycles. The second-order valence-corrected chi connectivity index (χ2v) is 10.2. The number of hydrogen-bond donors (Lipinski definition) is 4. The van der Waals surface area contributed by atoms with E-state index in [-0.39, 0.29) is 16.6 Å². The molecule has 1 heterocycles. The highest BCUT2D eigenvalue weighted by atomic mass is 32.2. The smallest absolute Gasteiger partial charge is 0.241 e. The zero-order chi connectivity index (χ0) is 25.9. The van der Waals surface area contributed by atoms with Gasteiger partial charge in [0.1, 0.15) is 11.6 Å². The summed E-state index contributed by atoms with van der Waals surface area (Å²) in [7, 11) is -2.33. The summed E-state index contributed by atoms with van der Waals surface area (Å²) in [6.07, 6.45) is 0.780. The number of anilines is 1. The van der Waals surface area contributed by atoms with E-state index in [1.807, 2.05) is 24.3 Å². The Morgan fingerprint density at radius 1 is 1.14 bits per heavy atom. The molecule has 0 radical (unpaired) electrons. The number of amides is 1. The first kappa shape index (κ1) is 25.1. The van der Waals surface area contributed by atoms with E-state index in [1.54, 1.807) is 25.3 Å². The van der Waals surface area contributed by atoms with Crippen molar-refractivity contribution in [2.24, 2.45) is 10.7 Å². The molecule has 0 fully saturated rings. The lowest BCUT2D eigenvalue weighted by atomic mass is 9.98. The van der Waals surface area contributed by atoms with Crippen LogP contribution in [0.3, 0.4) is 0 Å². The fourth-order valence-electron chi connectivity index (χ4n) is 4.04. The lowest BCUT2D eigenvalue weighted by Crippen LogP contribution is -2.42. The Bertz CT molecular complexity index is 1450. The predicted molar refractivity (Wildman–Crippen MR) is 140 cm³/mol. The predicted octanol–water partition coefficient (Wildman–Crippen LogP) is 3.16. The number of nitrogens with two attached hydrogens (primary N) is 1. The van der Waals surface area contributed by atoms with Crippen molar-refractivity contribution in [2.45, 2.75) is 30.7 Å². The van der Waals surface area contributed by atoms with Gasteiger partial charge in [0.05, 0.1) is 23.7 Å². The normalized spacial score (nSPS) is 13.4. The molecule has 1 aliphatic heterocycles. The zero-order valence-electron chi connectivity index (χ0n) is 19.9. The van der Waals surface area contributed by atoms with Crippen molar-refractivity contribution in [3.05, 3.63) is 83.4 Å². The van der Waals surface area contributed by atoms with Crippen LogP contribution in [-0.2, 0) is 27.7 Å². The summed E-state index contributed by atoms with van der Waals surface area (Å²) in [5.74, 6) is 0.397. The number of amidine groups is 1. The van der Waals surface area contributed by atoms with Gasteiger partial charge in [-0.1, -0.05) is 18.2 Å². The Hall–Kier alpha value is -4.02. The van der Waals surface area contributed by atoms with Crippen molar-refractivity contribution in [3.63, 3.8) is 0 Å². The molecule has 9 nitrogen and oxygen atoms in total. The highest BCUT2D eigenvalue weighted by Crippen LogP contribution is 2.32. The van der Waals surface area contributed by atoms with E-state index in [0.717, 1.165) is 16.8 Å². The average Bonchev–Trinajstić information content (AvgIpc) is 3.27. The number of fused-ring (bicyclic) bond motifs is 1. The van der Waals surface area contributed by atoms with E-state index in [2.05, 4.69) is 10.0 Å². The zero-order valence-corrected chi connectivity index (χ0v) is 20.7. The van der Waals surface area contributed by atoms with Crippen LogP contribution >= 0.6 is 0 Å². The van der Waals surface area contributed by atoms with Crippen LogP contribution in [0.15, 0.2) is 76.6 Å². The monoisotopic (exact) mass is 505 g/mol. The summed E-state index contributed by atoms with van der Waals surface area (Å²) in [6.45, 7) is 1.38. The number of nitrogen functional groups attached to an aromatic ring is 1. The lowest BCUT2D eigenvalue weighted by molar-refractivity contribution is -0.114. The van der Waals surface area contributed by atoms with Crippen molar-refractivity contribution in [1.82, 2.24) is 4.72 Å². The Balaban J connectivity index is 1.64. The molecule has 10 heteroatoms. The van der Waals surface area contributed by atoms with Gasteiger partial charge in [-0.15, -0.1) is 0 Å². The van der Waals surface area contributed by atoms with Gasteiger partial charge >= 0.3 is 0 Å². The Kier molecular flexibility index (Phi) is 7.18. The first-order chi connectivity index (χ1) is 17.1. The molecule has 5 N–H and O–H groups in total. The molecule has 36 heavy (non-hydrogen) atoms. The van der Waals surface area contributed by atoms with Gasteiger partial charge in [-0.2, -0.15) is 0 Å². The van der Waals surface area contributed by atoms with Crippen LogP contribution in [0, 0.1) is 5.41 Å². The van der Waals surface area contributed by atoms with Crippen LogP contribution in [0.1, 0.15) is 23.6 Å². The van der Waals surface area contributed by atoms with Crippen molar-refractivity contribution < 1.29 is 17.9 Å². The molecule has 186 valence electrons. The van der Waals surface area contributed by atoms with E-state index in [9.17, 15) is 13.2 Å². The largest absolute Gasteiger partial charge is 0.497 e. The van der Waals surface area contributed by atoms with Crippen LogP contribution in [0.2, 0.25) is 0 Å². The van der Waals surface area contributed by atoms with Gasteiger partial charge in [0.25, 0.3) is 0 Å². The number of carbonyl (C=O) groups is 1. The molecule has 0 unspecified atom stereocenters. The molecule has 1 atom stereocenters. The van der Waals surface area contributed by atoms with Crippen LogP contribution in [0.5, 0.6) is 5.75 Å². The third kappa shape index (κ3) is 5.78. The Labute approximate surface area is 210 Å². The fraction of sp³-hybridized carbons (Fsp3) is 0.192. The molecule has 4 rings (SSSR count). The molecule has 0 saturated heterocycles. The SMILES string of the molecule is COc1ccc2c(c1)CC([C@@H](Cc1cccc(C(=N)N)c1)NS(=O)(=O)c1ccc(NC(C)=O)cc1)=N2. The fourth-order valence-corrected chi connectivity index (χ4v) is 5.26. The third-order valence-corrected chi connectivity index (χ3v) is 7.27. The molecule has 3 aromatic carbocycles. The number of sulfonamides is 1. The molecule has 0 bridgehead atoms. The summed E-state index contributed by atoms with van der Waals surface area (Å²) in [5.41, 5.74) is 9.92. The van der Waals surface area contributed by atoms with Crippen LogP contribution < -0.4 is 20.5 Å². The van der Waals surface area contributed by atoms with Gasteiger partial charge in [-0.3, -0.25) is 15.2 Å². The topological polar surface area (TPSA) is 147 Å². The quantitative estimate of drug-likeness (QED) is 0.261. The first-order valence-electron chi connectivity index (χ1n) is 11.2. The lowest BCUT2D eigenvalue weighted by Gasteiger charge is -2.20. The van der Waals surface area contributed by atoms with Gasteiger partial charge in [-0.05, 0) is 66.1 Å². The summed E-state index contributed by atoms with van der Waals surface area (Å²) in [4.78, 5) is 16.1. The van der Waals surface area contributed by atoms with Crippen LogP contribution in [0.4, 0.5) is 11.4 Å². The molecule has 1 aliphatic rings. The van der Waals surface area contributed by atoms with Gasteiger partial charge in [0.2, 0.25) is 15.9 Å². The van der Waals surface area contributed by atoms with Gasteiger partial charge in [-0.25, -0.2) is 13.1 Å². The third-order valence-electron chi connectivity index (χ3n) is 5.78. The number of nitrogens with zero attached hydrogens (tertiary/aromatic N) is 1. The second-order valence-electron chi connectivity index (χ2n) is 8.47. The average molecular weight is 506 g/mol. The molecule has 0 spiro atoms. The van der Waals surface area contributed by atoms with Crippen molar-refractivity contribution in [1.29, 1.82) is 5.41 Å². The maximum absolute atomic E-state index is 13.3. The number of ether oxygens (including phenoxy) is 1. The molecule has 1 amide bonds. The number of nitrogens with one attached hydrogen (secondary N) is 3. The van der Waals surface area contributed by atoms with Crippen molar-refractivity contribution >= 4 is 38.9 Å². The van der Waals surface area contributed by atoms with Crippen LogP contribution in [-0.4, -0.2) is 39.0 Å². The van der Waals surface area contributed by atoms with E-state index >= 15 is 0 Å². The number of carbonyl (C=O) groups excluding carboxylic acids is 1. The summed E-state index contributed by atoms with van der Waals surface area (Å²) in [6, 6.07) is 18.0. The summed E-state index contributed by atoms with van der Waals surface area (Å²) >= 11 is 0. The first-order valence-corrected chi connectivity index (χ1v) is 12.7. The number of rotatable bonds is 9. The van der Waals surface area contributed by atoms with Crippen LogP contribution in [0.25, 0.3) is 0 Å². The molecule has 0 saturated carbocycles. The number of aliphatic imine (C=N–C) groups is 1. The van der Waals surface area contributed by atoms with E-state index < -0.39 is 16.1 Å². The molecule has 3 aromatic rings. The van der Waals surface area contributed by atoms with Gasteiger partial charge in [0, 0.05) is 30.3 Å². The summed E-state index contributed by atoms with van der Waals surface area (Å²) < 4.78 is 34.8. The molecular formula is C26H27N5O4S. The highest BCUT2D eigenvalue weighted by Gasteiger charge is 2.28. The van der Waals surface area contributed by atoms with Crippen molar-refractivity contribution in [2.75, 3.05) is 12.4 Å². The van der Waals surface area contributed by atoms with Gasteiger partial charge < -0.3 is 15.8 Å². The second kappa shape index (κ2) is 10.3. The van der Waals surface area contributed by atoms with Gasteiger partial charge in [0.15, 0.2) is 0 Å². The maximum Gasteiger partial charge on any atom is 0.241 e. The standard InChI is InChI=1S/C26H27N5O4S/c1-16(32)29-20-6-9-22(10-7-20)36(33,34)31-25(13-17-4-3-5-18(12-17)26(27)28)24-15-19-14-21(35-2)8-11-23(19)30-24/h3-12,14,25,31H,13,15H2,1-2H3,(H3,27,28)(H,29,32)/t25-/m1/s1. The number of methoxy groups -OCH3 is 1. The molecule has 0 aliphatic carbocycles. The van der Waals surface area contributed by atoms with E-state index in [0.29, 0.717) is 35.6 Å². The maximum atomic E-state index is 13.3.